The molecule has 0 spiro atoms. The third-order valence-electron chi connectivity index (χ3n) is 2.05. The van der Waals surface area contributed by atoms with Crippen LogP contribution in [0.5, 0.6) is 17.2 Å². The van der Waals surface area contributed by atoms with Crippen LogP contribution in [-0.2, 0) is 0 Å². The largest absolute Gasteiger partial charge is 0.505 e. The lowest BCUT2D eigenvalue weighted by Crippen LogP contribution is -2.18. The highest BCUT2D eigenvalue weighted by molar-refractivity contribution is 5.97. The van der Waals surface area contributed by atoms with E-state index in [1.54, 1.807) is 0 Å². The van der Waals surface area contributed by atoms with Crippen molar-refractivity contribution >= 4 is 11.7 Å². The number of aromatic hydroxyl groups is 1. The van der Waals surface area contributed by atoms with Crippen molar-refractivity contribution in [3.05, 3.63) is 11.6 Å². The number of rotatable bonds is 1. The van der Waals surface area contributed by atoms with Crippen molar-refractivity contribution in [2.45, 2.75) is 0 Å². The monoisotopic (exact) mass is 211 g/mol. The van der Waals surface area contributed by atoms with Gasteiger partial charge in [-0.2, -0.15) is 0 Å². The first-order valence-electron chi connectivity index (χ1n) is 4.25. The molecule has 0 amide bonds. The normalized spacial score (nSPS) is 13.6. The molecule has 15 heavy (non-hydrogen) atoms. The van der Waals surface area contributed by atoms with E-state index < -0.39 is 11.7 Å². The Morgan fingerprint density at radius 2 is 2.07 bits per heavy atom. The Kier molecular flexibility index (Phi) is 2.03. The van der Waals surface area contributed by atoms with E-state index in [1.807, 2.05) is 0 Å². The lowest BCUT2D eigenvalue weighted by molar-refractivity contribution is 0.0682. The summed E-state index contributed by atoms with van der Waals surface area (Å²) in [6, 6.07) is 1.34. The molecule has 1 aromatic rings. The number of carboxylic acid groups (broad SMARTS) is 1. The molecule has 2 rings (SSSR count). The molecule has 0 saturated carbocycles. The number of benzene rings is 1. The number of nitrogen functional groups attached to an aromatic ring is 1. The summed E-state index contributed by atoms with van der Waals surface area (Å²) in [5.41, 5.74) is 5.03. The van der Waals surface area contributed by atoms with Crippen molar-refractivity contribution in [2.24, 2.45) is 0 Å². The highest BCUT2D eigenvalue weighted by Crippen LogP contribution is 2.42. The van der Waals surface area contributed by atoms with Gasteiger partial charge < -0.3 is 25.4 Å². The summed E-state index contributed by atoms with van der Waals surface area (Å²) in [7, 11) is 0. The van der Waals surface area contributed by atoms with Crippen LogP contribution in [-0.4, -0.2) is 29.4 Å². The average Bonchev–Trinajstić information content (AvgIpc) is 2.19. The number of hydrogen-bond acceptors (Lipinski definition) is 5. The number of ether oxygens (including phenoxy) is 2. The summed E-state index contributed by atoms with van der Waals surface area (Å²) in [4.78, 5) is 10.9. The fourth-order valence-electron chi connectivity index (χ4n) is 1.39. The molecular formula is C9H9NO5. The summed E-state index contributed by atoms with van der Waals surface area (Å²) in [6.45, 7) is 0.576. The fourth-order valence-corrected chi connectivity index (χ4v) is 1.39. The van der Waals surface area contributed by atoms with Gasteiger partial charge in [-0.25, -0.2) is 4.79 Å². The van der Waals surface area contributed by atoms with Crippen LogP contribution in [0.25, 0.3) is 0 Å². The zero-order valence-electron chi connectivity index (χ0n) is 7.69. The first-order valence-corrected chi connectivity index (χ1v) is 4.25. The molecule has 1 aromatic carbocycles. The maximum Gasteiger partial charge on any atom is 0.343 e. The van der Waals surface area contributed by atoms with E-state index in [0.717, 1.165) is 0 Å². The van der Waals surface area contributed by atoms with Gasteiger partial charge in [0.05, 0.1) is 5.69 Å². The van der Waals surface area contributed by atoms with E-state index in [4.69, 9.17) is 20.3 Å². The standard InChI is InChI=1S/C9H9NO5/c10-4-3-5-8(15-2-1-14-5)6(7(4)11)9(12)13/h3,11H,1-2,10H2,(H,12,13). The number of nitrogens with two attached hydrogens (primary N) is 1. The summed E-state index contributed by atoms with van der Waals surface area (Å²) in [6.07, 6.45) is 0. The van der Waals surface area contributed by atoms with Crippen molar-refractivity contribution in [1.29, 1.82) is 0 Å². The molecule has 0 atom stereocenters. The Labute approximate surface area is 84.8 Å². The quantitative estimate of drug-likeness (QED) is 0.460. The molecule has 0 saturated heterocycles. The molecule has 0 bridgehead atoms. The van der Waals surface area contributed by atoms with Crippen molar-refractivity contribution in [1.82, 2.24) is 0 Å². The maximum atomic E-state index is 10.9. The fraction of sp³-hybridized carbons (Fsp3) is 0.222. The zero-order chi connectivity index (χ0) is 11.0. The molecule has 0 aliphatic carbocycles. The molecule has 0 unspecified atom stereocenters. The zero-order valence-corrected chi connectivity index (χ0v) is 7.69. The lowest BCUT2D eigenvalue weighted by Gasteiger charge is -2.21. The SMILES string of the molecule is Nc1cc2c(c(C(=O)O)c1O)OCCO2. The predicted molar refractivity (Wildman–Crippen MR) is 50.5 cm³/mol. The highest BCUT2D eigenvalue weighted by Gasteiger charge is 2.26. The van der Waals surface area contributed by atoms with E-state index in [-0.39, 0.29) is 29.4 Å². The first-order chi connectivity index (χ1) is 7.11. The molecule has 6 nitrogen and oxygen atoms in total. The van der Waals surface area contributed by atoms with Crippen LogP contribution in [0.15, 0.2) is 6.07 Å². The molecule has 0 aromatic heterocycles. The molecule has 80 valence electrons. The van der Waals surface area contributed by atoms with Gasteiger partial charge in [-0.15, -0.1) is 0 Å². The molecule has 0 radical (unpaired) electrons. The second kappa shape index (κ2) is 3.23. The Hall–Kier alpha value is -2.11. The molecule has 1 aliphatic heterocycles. The van der Waals surface area contributed by atoms with Gasteiger partial charge in [-0.05, 0) is 0 Å². The van der Waals surface area contributed by atoms with Crippen molar-refractivity contribution in [3.63, 3.8) is 0 Å². The van der Waals surface area contributed by atoms with Gasteiger partial charge in [-0.1, -0.05) is 0 Å². The average molecular weight is 211 g/mol. The van der Waals surface area contributed by atoms with Crippen LogP contribution in [0.4, 0.5) is 5.69 Å². The molecule has 4 N–H and O–H groups in total. The Balaban J connectivity index is 2.68. The third-order valence-corrected chi connectivity index (χ3v) is 2.05. The summed E-state index contributed by atoms with van der Waals surface area (Å²) in [5, 5.41) is 18.4. The van der Waals surface area contributed by atoms with Crippen molar-refractivity contribution in [2.75, 3.05) is 18.9 Å². The van der Waals surface area contributed by atoms with Crippen LogP contribution in [0.1, 0.15) is 10.4 Å². The molecule has 0 fully saturated rings. The Morgan fingerprint density at radius 3 is 2.73 bits per heavy atom. The molecular weight excluding hydrogens is 202 g/mol. The first kappa shape index (κ1) is 9.45. The minimum atomic E-state index is -1.30. The minimum Gasteiger partial charge on any atom is -0.505 e. The van der Waals surface area contributed by atoms with Gasteiger partial charge in [-0.3, -0.25) is 0 Å². The summed E-state index contributed by atoms with van der Waals surface area (Å²) < 4.78 is 10.3. The van der Waals surface area contributed by atoms with Gasteiger partial charge >= 0.3 is 5.97 Å². The second-order valence-electron chi connectivity index (χ2n) is 3.02. The number of carboxylic acids is 1. The van der Waals surface area contributed by atoms with Crippen LogP contribution in [0, 0.1) is 0 Å². The van der Waals surface area contributed by atoms with E-state index in [1.165, 1.54) is 6.07 Å². The number of phenols is 1. The van der Waals surface area contributed by atoms with Gasteiger partial charge in [0, 0.05) is 6.07 Å². The van der Waals surface area contributed by atoms with Crippen LogP contribution in [0.3, 0.4) is 0 Å². The summed E-state index contributed by atoms with van der Waals surface area (Å²) >= 11 is 0. The van der Waals surface area contributed by atoms with Crippen molar-refractivity contribution in [3.8, 4) is 17.2 Å². The smallest absolute Gasteiger partial charge is 0.343 e. The minimum absolute atomic E-state index is 0.0282. The summed E-state index contributed by atoms with van der Waals surface area (Å²) in [5.74, 6) is -1.53. The van der Waals surface area contributed by atoms with E-state index >= 15 is 0 Å². The van der Waals surface area contributed by atoms with Gasteiger partial charge in [0.25, 0.3) is 0 Å². The van der Waals surface area contributed by atoms with Gasteiger partial charge in [0.2, 0.25) is 0 Å². The van der Waals surface area contributed by atoms with Crippen LogP contribution >= 0.6 is 0 Å². The molecule has 1 heterocycles. The molecule has 6 heteroatoms. The van der Waals surface area contributed by atoms with Gasteiger partial charge in [0.1, 0.15) is 18.8 Å². The number of anilines is 1. The Bertz CT molecular complexity index is 429. The predicted octanol–water partition coefficient (Wildman–Crippen LogP) is 0.444. The van der Waals surface area contributed by atoms with Crippen molar-refractivity contribution < 1.29 is 24.5 Å². The van der Waals surface area contributed by atoms with Gasteiger partial charge in [0.15, 0.2) is 17.2 Å². The number of aromatic carboxylic acids is 1. The van der Waals surface area contributed by atoms with E-state index in [0.29, 0.717) is 6.61 Å². The van der Waals surface area contributed by atoms with E-state index in [2.05, 4.69) is 0 Å². The molecule has 1 aliphatic rings. The number of carbonyl (C=O) groups is 1. The van der Waals surface area contributed by atoms with Crippen LogP contribution < -0.4 is 15.2 Å². The van der Waals surface area contributed by atoms with Crippen LogP contribution in [0.2, 0.25) is 0 Å². The maximum absolute atomic E-state index is 10.9. The highest BCUT2D eigenvalue weighted by atomic mass is 16.6. The lowest BCUT2D eigenvalue weighted by atomic mass is 10.1. The third kappa shape index (κ3) is 1.39. The van der Waals surface area contributed by atoms with E-state index in [9.17, 15) is 9.90 Å². The number of hydrogen-bond donors (Lipinski definition) is 3. The topological polar surface area (TPSA) is 102 Å². The Morgan fingerprint density at radius 1 is 1.40 bits per heavy atom. The second-order valence-corrected chi connectivity index (χ2v) is 3.02. The number of fused-ring (bicyclic) bond motifs is 1.